The van der Waals surface area contributed by atoms with Gasteiger partial charge in [0.1, 0.15) is 11.4 Å². The molecule has 1 aromatic rings. The van der Waals surface area contributed by atoms with E-state index >= 15 is 0 Å². The van der Waals surface area contributed by atoms with Crippen molar-refractivity contribution < 1.29 is 4.74 Å². The Hall–Kier alpha value is -0.540. The molecular weight excluding hydrogens is 266 g/mol. The highest BCUT2D eigenvalue weighted by molar-refractivity contribution is 9.10. The average Bonchev–Trinajstić information content (AvgIpc) is 2.27. The van der Waals surface area contributed by atoms with Crippen LogP contribution < -0.4 is 10.1 Å². The molecular formula is C13H18BrNO. The summed E-state index contributed by atoms with van der Waals surface area (Å²) in [6, 6.07) is 6.66. The Bertz CT molecular complexity index is 394. The molecule has 16 heavy (non-hydrogen) atoms. The smallest absolute Gasteiger partial charge is 0.126 e. The molecule has 2 atom stereocenters. The van der Waals surface area contributed by atoms with Crippen molar-refractivity contribution in [2.24, 2.45) is 0 Å². The summed E-state index contributed by atoms with van der Waals surface area (Å²) in [5.74, 6) is 1.00. The SMILES string of the molecule is CCC1(C)CC(NC)c2ccc(Br)cc2O1. The Morgan fingerprint density at radius 3 is 2.94 bits per heavy atom. The van der Waals surface area contributed by atoms with Gasteiger partial charge in [-0.05, 0) is 32.5 Å². The van der Waals surface area contributed by atoms with Gasteiger partial charge in [0.15, 0.2) is 0 Å². The molecule has 0 bridgehead atoms. The monoisotopic (exact) mass is 283 g/mol. The number of halogens is 1. The lowest BCUT2D eigenvalue weighted by Gasteiger charge is -2.39. The third kappa shape index (κ3) is 2.11. The lowest BCUT2D eigenvalue weighted by Crippen LogP contribution is -2.40. The van der Waals surface area contributed by atoms with Crippen LogP contribution in [-0.4, -0.2) is 12.6 Å². The molecule has 0 amide bonds. The molecule has 0 radical (unpaired) electrons. The average molecular weight is 284 g/mol. The van der Waals surface area contributed by atoms with Crippen molar-refractivity contribution in [2.45, 2.75) is 38.3 Å². The highest BCUT2D eigenvalue weighted by atomic mass is 79.9. The van der Waals surface area contributed by atoms with Crippen LogP contribution in [0.3, 0.4) is 0 Å². The molecule has 2 unspecified atom stereocenters. The Balaban J connectivity index is 2.42. The van der Waals surface area contributed by atoms with Crippen LogP contribution >= 0.6 is 15.9 Å². The third-order valence-corrected chi connectivity index (χ3v) is 3.93. The van der Waals surface area contributed by atoms with Crippen LogP contribution in [0.2, 0.25) is 0 Å². The van der Waals surface area contributed by atoms with Crippen LogP contribution in [0.1, 0.15) is 38.3 Å². The molecule has 0 aliphatic carbocycles. The second-order valence-electron chi connectivity index (χ2n) is 4.63. The quantitative estimate of drug-likeness (QED) is 0.894. The molecule has 1 heterocycles. The van der Waals surface area contributed by atoms with Crippen LogP contribution in [0.4, 0.5) is 0 Å². The van der Waals surface area contributed by atoms with Crippen LogP contribution in [-0.2, 0) is 0 Å². The minimum absolute atomic E-state index is 0.0541. The number of hydrogen-bond acceptors (Lipinski definition) is 2. The first-order chi connectivity index (χ1) is 7.58. The van der Waals surface area contributed by atoms with Crippen LogP contribution in [0.5, 0.6) is 5.75 Å². The molecule has 1 N–H and O–H groups in total. The van der Waals surface area contributed by atoms with Crippen molar-refractivity contribution in [1.82, 2.24) is 5.32 Å². The maximum atomic E-state index is 6.11. The second-order valence-corrected chi connectivity index (χ2v) is 5.55. The summed E-state index contributed by atoms with van der Waals surface area (Å²) in [5.41, 5.74) is 1.21. The van der Waals surface area contributed by atoms with E-state index < -0.39 is 0 Å². The molecule has 1 aromatic carbocycles. The molecule has 0 saturated carbocycles. The van der Waals surface area contributed by atoms with Gasteiger partial charge in [-0.25, -0.2) is 0 Å². The lowest BCUT2D eigenvalue weighted by atomic mass is 9.87. The van der Waals surface area contributed by atoms with Gasteiger partial charge in [-0.1, -0.05) is 28.9 Å². The summed E-state index contributed by atoms with van der Waals surface area (Å²) >= 11 is 3.49. The summed E-state index contributed by atoms with van der Waals surface area (Å²) < 4.78 is 7.18. The van der Waals surface area contributed by atoms with E-state index in [-0.39, 0.29) is 5.60 Å². The van der Waals surface area contributed by atoms with Crippen molar-refractivity contribution in [3.63, 3.8) is 0 Å². The van der Waals surface area contributed by atoms with Crippen molar-refractivity contribution >= 4 is 15.9 Å². The minimum atomic E-state index is -0.0541. The van der Waals surface area contributed by atoms with E-state index in [1.165, 1.54) is 5.56 Å². The predicted molar refractivity (Wildman–Crippen MR) is 69.9 cm³/mol. The number of hydrogen-bond donors (Lipinski definition) is 1. The van der Waals surface area contributed by atoms with Gasteiger partial charge in [-0.15, -0.1) is 0 Å². The van der Waals surface area contributed by atoms with Gasteiger partial charge in [0.25, 0.3) is 0 Å². The van der Waals surface area contributed by atoms with Crippen LogP contribution in [0.25, 0.3) is 0 Å². The zero-order chi connectivity index (χ0) is 11.8. The third-order valence-electron chi connectivity index (χ3n) is 3.44. The molecule has 2 rings (SSSR count). The van der Waals surface area contributed by atoms with Gasteiger partial charge >= 0.3 is 0 Å². The van der Waals surface area contributed by atoms with E-state index in [0.29, 0.717) is 6.04 Å². The summed E-state index contributed by atoms with van der Waals surface area (Å²) in [6.07, 6.45) is 2.05. The highest BCUT2D eigenvalue weighted by Gasteiger charge is 2.35. The summed E-state index contributed by atoms with van der Waals surface area (Å²) in [7, 11) is 2.01. The first-order valence-corrected chi connectivity index (χ1v) is 6.53. The molecule has 88 valence electrons. The Morgan fingerprint density at radius 2 is 2.31 bits per heavy atom. The van der Waals surface area contributed by atoms with Crippen molar-refractivity contribution in [3.8, 4) is 5.75 Å². The number of rotatable bonds is 2. The largest absolute Gasteiger partial charge is 0.487 e. The zero-order valence-electron chi connectivity index (χ0n) is 10.0. The maximum Gasteiger partial charge on any atom is 0.126 e. The van der Waals surface area contributed by atoms with E-state index in [9.17, 15) is 0 Å². The van der Waals surface area contributed by atoms with Gasteiger partial charge in [0.05, 0.1) is 0 Å². The normalized spacial score (nSPS) is 28.4. The molecule has 0 fully saturated rings. The van der Waals surface area contributed by atoms with Crippen LogP contribution in [0.15, 0.2) is 22.7 Å². The number of fused-ring (bicyclic) bond motifs is 1. The minimum Gasteiger partial charge on any atom is -0.487 e. The fraction of sp³-hybridized carbons (Fsp3) is 0.538. The molecule has 3 heteroatoms. The van der Waals surface area contributed by atoms with Gasteiger partial charge in [0, 0.05) is 22.5 Å². The second kappa shape index (κ2) is 4.38. The van der Waals surface area contributed by atoms with Gasteiger partial charge in [0.2, 0.25) is 0 Å². The Morgan fingerprint density at radius 1 is 1.56 bits per heavy atom. The number of nitrogens with one attached hydrogen (secondary N) is 1. The van der Waals surface area contributed by atoms with E-state index in [0.717, 1.165) is 23.1 Å². The van der Waals surface area contributed by atoms with Crippen molar-refractivity contribution in [2.75, 3.05) is 7.05 Å². The van der Waals surface area contributed by atoms with E-state index in [4.69, 9.17) is 4.74 Å². The van der Waals surface area contributed by atoms with Crippen LogP contribution in [0, 0.1) is 0 Å². The van der Waals surface area contributed by atoms with Gasteiger partial charge in [-0.3, -0.25) is 0 Å². The molecule has 2 nitrogen and oxygen atoms in total. The summed E-state index contributed by atoms with van der Waals surface area (Å²) in [6.45, 7) is 4.36. The number of ether oxygens (including phenoxy) is 1. The summed E-state index contributed by atoms with van der Waals surface area (Å²) in [5, 5.41) is 3.37. The fourth-order valence-corrected chi connectivity index (χ4v) is 2.55. The van der Waals surface area contributed by atoms with Crippen molar-refractivity contribution in [3.05, 3.63) is 28.2 Å². The molecule has 1 aliphatic heterocycles. The fourth-order valence-electron chi connectivity index (χ4n) is 2.21. The predicted octanol–water partition coefficient (Wildman–Crippen LogP) is 3.66. The van der Waals surface area contributed by atoms with Crippen molar-refractivity contribution in [1.29, 1.82) is 0 Å². The molecule has 0 spiro atoms. The maximum absolute atomic E-state index is 6.11. The molecule has 0 aromatic heterocycles. The van der Waals surface area contributed by atoms with Gasteiger partial charge in [-0.2, -0.15) is 0 Å². The first-order valence-electron chi connectivity index (χ1n) is 5.74. The topological polar surface area (TPSA) is 21.3 Å². The first kappa shape index (κ1) is 11.9. The lowest BCUT2D eigenvalue weighted by molar-refractivity contribution is 0.0454. The van der Waals surface area contributed by atoms with E-state index in [2.05, 4.69) is 53.3 Å². The van der Waals surface area contributed by atoms with E-state index in [1.54, 1.807) is 0 Å². The van der Waals surface area contributed by atoms with E-state index in [1.807, 2.05) is 7.05 Å². The summed E-state index contributed by atoms with van der Waals surface area (Å²) in [4.78, 5) is 0. The Kier molecular flexibility index (Phi) is 3.27. The number of benzene rings is 1. The molecule has 0 saturated heterocycles. The molecule has 1 aliphatic rings. The van der Waals surface area contributed by atoms with Gasteiger partial charge < -0.3 is 10.1 Å². The zero-order valence-corrected chi connectivity index (χ0v) is 11.6. The Labute approximate surface area is 106 Å². The standard InChI is InChI=1S/C13H18BrNO/c1-4-13(2)8-11(15-3)10-6-5-9(14)7-12(10)16-13/h5-7,11,15H,4,8H2,1-3H3. The highest BCUT2D eigenvalue weighted by Crippen LogP contribution is 2.41.